The number of carbonyl (C=O) groups excluding carboxylic acids is 1. The molecule has 1 saturated heterocycles. The Kier molecular flexibility index (Phi) is 5.37. The number of aliphatic hydroxyl groups excluding tert-OH is 2. The van der Waals surface area contributed by atoms with Crippen LogP contribution in [0.1, 0.15) is 22.1 Å². The van der Waals surface area contributed by atoms with E-state index in [4.69, 9.17) is 19.3 Å². The van der Waals surface area contributed by atoms with Crippen LogP contribution in [0.5, 0.6) is 11.5 Å². The number of anilines is 1. The predicted molar refractivity (Wildman–Crippen MR) is 101 cm³/mol. The molecule has 4 rings (SSSR count). The van der Waals surface area contributed by atoms with E-state index in [0.717, 1.165) is 12.3 Å². The predicted octanol–water partition coefficient (Wildman–Crippen LogP) is 0.461. The SMILES string of the molecule is Cc1cc2c(cc1C(=O)Nc1ccn([C@@H]3OC(CO)[C@H](O)C3(F)F)c(=O)n1)OCCO2. The quantitative estimate of drug-likeness (QED) is 0.626. The summed E-state index contributed by atoms with van der Waals surface area (Å²) in [7, 11) is 0. The number of hydrogen-bond acceptors (Lipinski definition) is 8. The Labute approximate surface area is 174 Å². The number of aryl methyl sites for hydroxylation is 1. The molecule has 2 aliphatic heterocycles. The van der Waals surface area contributed by atoms with Gasteiger partial charge in [-0.25, -0.2) is 4.79 Å². The zero-order chi connectivity index (χ0) is 22.3. The van der Waals surface area contributed by atoms with Gasteiger partial charge in [0.15, 0.2) is 17.6 Å². The summed E-state index contributed by atoms with van der Waals surface area (Å²) in [4.78, 5) is 28.5. The molecular formula is C19H19F2N3O7. The van der Waals surface area contributed by atoms with Crippen LogP contribution in [-0.4, -0.2) is 63.6 Å². The van der Waals surface area contributed by atoms with Crippen molar-refractivity contribution in [2.24, 2.45) is 0 Å². The maximum Gasteiger partial charge on any atom is 0.351 e. The van der Waals surface area contributed by atoms with E-state index in [-0.39, 0.29) is 11.4 Å². The molecule has 0 bridgehead atoms. The van der Waals surface area contributed by atoms with Gasteiger partial charge in [-0.15, -0.1) is 0 Å². The molecule has 0 radical (unpaired) electrons. The topological polar surface area (TPSA) is 132 Å². The second-order valence-electron chi connectivity index (χ2n) is 7.10. The van der Waals surface area contributed by atoms with Crippen molar-refractivity contribution in [1.29, 1.82) is 0 Å². The molecule has 2 aromatic rings. The fourth-order valence-corrected chi connectivity index (χ4v) is 3.40. The molecular weight excluding hydrogens is 420 g/mol. The molecule has 3 heterocycles. The highest BCUT2D eigenvalue weighted by Gasteiger charge is 2.59. The van der Waals surface area contributed by atoms with Crippen molar-refractivity contribution in [3.63, 3.8) is 0 Å². The first-order valence-corrected chi connectivity index (χ1v) is 9.35. The molecule has 1 fully saturated rings. The van der Waals surface area contributed by atoms with Crippen molar-refractivity contribution in [2.45, 2.75) is 31.3 Å². The van der Waals surface area contributed by atoms with Gasteiger partial charge in [-0.05, 0) is 30.7 Å². The third kappa shape index (κ3) is 3.73. The number of fused-ring (bicyclic) bond motifs is 1. The molecule has 31 heavy (non-hydrogen) atoms. The van der Waals surface area contributed by atoms with Crippen LogP contribution in [0.3, 0.4) is 0 Å². The van der Waals surface area contributed by atoms with Gasteiger partial charge in [0.05, 0.1) is 6.61 Å². The Balaban J connectivity index is 1.56. The zero-order valence-corrected chi connectivity index (χ0v) is 16.2. The van der Waals surface area contributed by atoms with E-state index in [1.807, 2.05) is 0 Å². The van der Waals surface area contributed by atoms with Crippen LogP contribution in [0.25, 0.3) is 0 Å². The molecule has 0 spiro atoms. The summed E-state index contributed by atoms with van der Waals surface area (Å²) in [6, 6.07) is 4.30. The number of benzene rings is 1. The second-order valence-corrected chi connectivity index (χ2v) is 7.10. The summed E-state index contributed by atoms with van der Waals surface area (Å²) < 4.78 is 44.8. The molecule has 0 saturated carbocycles. The van der Waals surface area contributed by atoms with E-state index in [9.17, 15) is 23.5 Å². The molecule has 3 N–H and O–H groups in total. The fraction of sp³-hybridized carbons (Fsp3) is 0.421. The molecule has 1 aromatic carbocycles. The van der Waals surface area contributed by atoms with Crippen LogP contribution in [0, 0.1) is 6.92 Å². The average molecular weight is 439 g/mol. The molecule has 1 aromatic heterocycles. The minimum Gasteiger partial charge on any atom is -0.486 e. The van der Waals surface area contributed by atoms with Gasteiger partial charge in [0, 0.05) is 11.8 Å². The number of hydrogen-bond donors (Lipinski definition) is 3. The van der Waals surface area contributed by atoms with Crippen molar-refractivity contribution in [1.82, 2.24) is 9.55 Å². The third-order valence-electron chi connectivity index (χ3n) is 5.02. The molecule has 166 valence electrons. The van der Waals surface area contributed by atoms with E-state index < -0.39 is 42.6 Å². The van der Waals surface area contributed by atoms with Crippen LogP contribution >= 0.6 is 0 Å². The summed E-state index contributed by atoms with van der Waals surface area (Å²) >= 11 is 0. The van der Waals surface area contributed by atoms with Crippen LogP contribution in [-0.2, 0) is 4.74 Å². The normalized spacial score (nSPS) is 24.1. The molecule has 1 amide bonds. The second kappa shape index (κ2) is 7.87. The van der Waals surface area contributed by atoms with E-state index in [1.54, 1.807) is 13.0 Å². The molecule has 12 heteroatoms. The number of ether oxygens (including phenoxy) is 3. The summed E-state index contributed by atoms with van der Waals surface area (Å²) in [5, 5.41) is 21.1. The number of amides is 1. The number of aromatic nitrogens is 2. The smallest absolute Gasteiger partial charge is 0.351 e. The van der Waals surface area contributed by atoms with E-state index in [2.05, 4.69) is 10.3 Å². The van der Waals surface area contributed by atoms with Crippen LogP contribution in [0.4, 0.5) is 14.6 Å². The standard InChI is InChI=1S/C19H19F2N3O7/c1-9-6-11-12(30-5-4-29-11)7-10(9)16(27)22-14-2-3-24(18(28)23-14)17-19(20,21)15(26)13(8-25)31-17/h2-3,6-7,13,15,17,25-26H,4-5,8H2,1H3,(H,22,23,27,28)/t13?,15-,17+/m0/s1. The largest absolute Gasteiger partial charge is 0.486 e. The van der Waals surface area contributed by atoms with Crippen molar-refractivity contribution >= 4 is 11.7 Å². The first-order valence-electron chi connectivity index (χ1n) is 9.35. The minimum absolute atomic E-state index is 0.166. The Hall–Kier alpha value is -3.09. The van der Waals surface area contributed by atoms with Gasteiger partial charge >= 0.3 is 11.6 Å². The lowest BCUT2D eigenvalue weighted by molar-refractivity contribution is -0.140. The highest BCUT2D eigenvalue weighted by atomic mass is 19.3. The Morgan fingerprint density at radius 1 is 1.32 bits per heavy atom. The van der Waals surface area contributed by atoms with Gasteiger partial charge in [-0.3, -0.25) is 9.36 Å². The van der Waals surface area contributed by atoms with E-state index >= 15 is 0 Å². The average Bonchev–Trinajstić information content (AvgIpc) is 2.96. The van der Waals surface area contributed by atoms with Crippen LogP contribution in [0.2, 0.25) is 0 Å². The highest BCUT2D eigenvalue weighted by Crippen LogP contribution is 2.42. The lowest BCUT2D eigenvalue weighted by Gasteiger charge is -2.21. The van der Waals surface area contributed by atoms with Crippen molar-refractivity contribution in [2.75, 3.05) is 25.1 Å². The summed E-state index contributed by atoms with van der Waals surface area (Å²) in [5.74, 6) is -3.66. The number of aliphatic hydroxyl groups is 2. The monoisotopic (exact) mass is 439 g/mol. The summed E-state index contributed by atoms with van der Waals surface area (Å²) in [5.41, 5.74) is -0.278. The number of carbonyl (C=O) groups is 1. The molecule has 1 unspecified atom stereocenters. The van der Waals surface area contributed by atoms with Gasteiger partial charge in [0.2, 0.25) is 6.23 Å². The van der Waals surface area contributed by atoms with Crippen molar-refractivity contribution < 1.29 is 38.0 Å². The van der Waals surface area contributed by atoms with Crippen molar-refractivity contribution in [3.05, 3.63) is 46.0 Å². The van der Waals surface area contributed by atoms with Gasteiger partial charge in [0.1, 0.15) is 25.1 Å². The Bertz CT molecular complexity index is 1070. The minimum atomic E-state index is -3.83. The first-order chi connectivity index (χ1) is 14.7. The van der Waals surface area contributed by atoms with Gasteiger partial charge < -0.3 is 29.7 Å². The van der Waals surface area contributed by atoms with Crippen LogP contribution < -0.4 is 20.5 Å². The van der Waals surface area contributed by atoms with Gasteiger partial charge in [0.25, 0.3) is 5.91 Å². The van der Waals surface area contributed by atoms with Gasteiger partial charge in [-0.1, -0.05) is 0 Å². The maximum atomic E-state index is 14.3. The molecule has 0 aliphatic carbocycles. The lowest BCUT2D eigenvalue weighted by atomic mass is 10.1. The van der Waals surface area contributed by atoms with E-state index in [0.29, 0.717) is 34.8 Å². The summed E-state index contributed by atoms with van der Waals surface area (Å²) in [6.07, 6.45) is -5.02. The van der Waals surface area contributed by atoms with Crippen LogP contribution in [0.15, 0.2) is 29.2 Å². The van der Waals surface area contributed by atoms with E-state index in [1.165, 1.54) is 6.07 Å². The summed E-state index contributed by atoms with van der Waals surface area (Å²) in [6.45, 7) is 1.59. The highest BCUT2D eigenvalue weighted by molar-refractivity contribution is 6.05. The number of rotatable bonds is 4. The van der Waals surface area contributed by atoms with Gasteiger partial charge in [-0.2, -0.15) is 13.8 Å². The zero-order valence-electron chi connectivity index (χ0n) is 16.2. The number of nitrogens with one attached hydrogen (secondary N) is 1. The number of nitrogens with zero attached hydrogens (tertiary/aromatic N) is 2. The maximum absolute atomic E-state index is 14.3. The first kappa shape index (κ1) is 21.2. The Morgan fingerprint density at radius 2 is 2.00 bits per heavy atom. The number of alkyl halides is 2. The lowest BCUT2D eigenvalue weighted by Crippen LogP contribution is -2.41. The molecule has 2 aliphatic rings. The Morgan fingerprint density at radius 3 is 2.61 bits per heavy atom. The fourth-order valence-electron chi connectivity index (χ4n) is 3.40. The van der Waals surface area contributed by atoms with Crippen molar-refractivity contribution in [3.8, 4) is 11.5 Å². The number of halogens is 2. The molecule has 3 atom stereocenters. The third-order valence-corrected chi connectivity index (χ3v) is 5.02. The molecule has 10 nitrogen and oxygen atoms in total.